The van der Waals surface area contributed by atoms with Crippen LogP contribution in [0.2, 0.25) is 0 Å². The van der Waals surface area contributed by atoms with Gasteiger partial charge >= 0.3 is 5.97 Å². The normalized spacial score (nSPS) is 16.7. The second-order valence-electron chi connectivity index (χ2n) is 4.48. The van der Waals surface area contributed by atoms with Gasteiger partial charge in [-0.2, -0.15) is 0 Å². The van der Waals surface area contributed by atoms with Gasteiger partial charge in [0.2, 0.25) is 5.91 Å². The van der Waals surface area contributed by atoms with Gasteiger partial charge in [0.25, 0.3) is 0 Å². The summed E-state index contributed by atoms with van der Waals surface area (Å²) in [5, 5.41) is 0. The summed E-state index contributed by atoms with van der Waals surface area (Å²) in [4.78, 5) is 25.0. The molecular formula is C12H21NO3. The minimum atomic E-state index is -0.246. The molecule has 0 saturated heterocycles. The van der Waals surface area contributed by atoms with Crippen LogP contribution < -0.4 is 0 Å². The fraction of sp³-hybridized carbons (Fsp3) is 0.833. The Labute approximate surface area is 96.9 Å². The quantitative estimate of drug-likeness (QED) is 0.645. The number of esters is 1. The second-order valence-corrected chi connectivity index (χ2v) is 4.48. The molecule has 0 aromatic carbocycles. The Bertz CT molecular complexity index is 261. The number of amides is 1. The van der Waals surface area contributed by atoms with Crippen molar-refractivity contribution in [1.82, 2.24) is 4.90 Å². The molecule has 1 saturated carbocycles. The minimum Gasteiger partial charge on any atom is -0.469 e. The van der Waals surface area contributed by atoms with Gasteiger partial charge in [-0.3, -0.25) is 9.59 Å². The van der Waals surface area contributed by atoms with Gasteiger partial charge in [0, 0.05) is 19.0 Å². The van der Waals surface area contributed by atoms with E-state index in [9.17, 15) is 9.59 Å². The van der Waals surface area contributed by atoms with Gasteiger partial charge in [-0.15, -0.1) is 0 Å². The van der Waals surface area contributed by atoms with Crippen molar-refractivity contribution in [3.8, 4) is 0 Å². The Morgan fingerprint density at radius 1 is 1.44 bits per heavy atom. The van der Waals surface area contributed by atoms with Gasteiger partial charge in [0.05, 0.1) is 13.0 Å². The van der Waals surface area contributed by atoms with E-state index >= 15 is 0 Å². The molecule has 0 aromatic heterocycles. The lowest BCUT2D eigenvalue weighted by molar-refractivity contribution is -0.146. The van der Waals surface area contributed by atoms with Crippen molar-refractivity contribution in [2.75, 3.05) is 20.2 Å². The van der Waals surface area contributed by atoms with Crippen LogP contribution >= 0.6 is 0 Å². The molecule has 0 aliphatic heterocycles. The van der Waals surface area contributed by atoms with Crippen LogP contribution in [-0.2, 0) is 14.3 Å². The zero-order valence-corrected chi connectivity index (χ0v) is 10.4. The summed E-state index contributed by atoms with van der Waals surface area (Å²) >= 11 is 0. The number of hydrogen-bond acceptors (Lipinski definition) is 3. The lowest BCUT2D eigenvalue weighted by Gasteiger charge is -2.24. The SMILES string of the molecule is CCCN(CC(C)C(=O)OC)C(=O)C1CC1. The van der Waals surface area contributed by atoms with E-state index in [1.54, 1.807) is 11.8 Å². The summed E-state index contributed by atoms with van der Waals surface area (Å²) in [6, 6.07) is 0. The predicted octanol–water partition coefficient (Wildman–Crippen LogP) is 1.44. The molecule has 4 heteroatoms. The van der Waals surface area contributed by atoms with Crippen LogP contribution in [0.1, 0.15) is 33.1 Å². The molecule has 0 aromatic rings. The average molecular weight is 227 g/mol. The largest absolute Gasteiger partial charge is 0.469 e. The number of rotatable bonds is 6. The third-order valence-electron chi connectivity index (χ3n) is 2.83. The maximum absolute atomic E-state index is 11.9. The Morgan fingerprint density at radius 3 is 2.50 bits per heavy atom. The van der Waals surface area contributed by atoms with Crippen molar-refractivity contribution in [2.45, 2.75) is 33.1 Å². The number of carbonyl (C=O) groups is 2. The Kier molecular flexibility index (Phi) is 4.77. The number of methoxy groups -OCH3 is 1. The lowest BCUT2D eigenvalue weighted by Crippen LogP contribution is -2.38. The summed E-state index contributed by atoms with van der Waals surface area (Å²) < 4.78 is 4.67. The maximum Gasteiger partial charge on any atom is 0.310 e. The zero-order valence-electron chi connectivity index (χ0n) is 10.4. The van der Waals surface area contributed by atoms with E-state index in [-0.39, 0.29) is 23.7 Å². The summed E-state index contributed by atoms with van der Waals surface area (Å²) in [7, 11) is 1.38. The first kappa shape index (κ1) is 13.0. The first-order chi connectivity index (χ1) is 7.60. The topological polar surface area (TPSA) is 46.6 Å². The number of hydrogen-bond donors (Lipinski definition) is 0. The molecule has 1 fully saturated rings. The van der Waals surface area contributed by atoms with E-state index in [0.717, 1.165) is 25.8 Å². The van der Waals surface area contributed by atoms with Crippen LogP contribution in [0.3, 0.4) is 0 Å². The van der Waals surface area contributed by atoms with Crippen molar-refractivity contribution >= 4 is 11.9 Å². The molecular weight excluding hydrogens is 206 g/mol. The third-order valence-corrected chi connectivity index (χ3v) is 2.83. The van der Waals surface area contributed by atoms with Crippen LogP contribution in [0.5, 0.6) is 0 Å². The molecule has 0 heterocycles. The predicted molar refractivity (Wildman–Crippen MR) is 60.8 cm³/mol. The van der Waals surface area contributed by atoms with Gasteiger partial charge in [-0.1, -0.05) is 13.8 Å². The molecule has 1 aliphatic carbocycles. The van der Waals surface area contributed by atoms with Crippen molar-refractivity contribution in [3.05, 3.63) is 0 Å². The number of ether oxygens (including phenoxy) is 1. The fourth-order valence-electron chi connectivity index (χ4n) is 1.76. The van der Waals surface area contributed by atoms with E-state index in [2.05, 4.69) is 4.74 Å². The second kappa shape index (κ2) is 5.87. The maximum atomic E-state index is 11.9. The highest BCUT2D eigenvalue weighted by atomic mass is 16.5. The average Bonchev–Trinajstić information content (AvgIpc) is 3.10. The van der Waals surface area contributed by atoms with E-state index in [1.807, 2.05) is 6.92 Å². The Balaban J connectivity index is 2.49. The van der Waals surface area contributed by atoms with E-state index in [1.165, 1.54) is 7.11 Å². The highest BCUT2D eigenvalue weighted by Crippen LogP contribution is 2.31. The first-order valence-electron chi connectivity index (χ1n) is 5.96. The van der Waals surface area contributed by atoms with Crippen LogP contribution in [0.25, 0.3) is 0 Å². The Hall–Kier alpha value is -1.06. The summed E-state index contributed by atoms with van der Waals surface area (Å²) in [6.45, 7) is 5.05. The molecule has 1 atom stereocenters. The van der Waals surface area contributed by atoms with Crippen LogP contribution in [-0.4, -0.2) is 37.0 Å². The van der Waals surface area contributed by atoms with Gasteiger partial charge in [-0.05, 0) is 19.3 Å². The molecule has 1 rings (SSSR count). The monoisotopic (exact) mass is 227 g/mol. The fourth-order valence-corrected chi connectivity index (χ4v) is 1.76. The summed E-state index contributed by atoms with van der Waals surface area (Å²) in [5.74, 6) is -0.0575. The van der Waals surface area contributed by atoms with Crippen molar-refractivity contribution in [1.29, 1.82) is 0 Å². The first-order valence-corrected chi connectivity index (χ1v) is 5.96. The number of nitrogens with zero attached hydrogens (tertiary/aromatic N) is 1. The number of carbonyl (C=O) groups excluding carboxylic acids is 2. The molecule has 0 spiro atoms. The Morgan fingerprint density at radius 2 is 2.06 bits per heavy atom. The minimum absolute atomic E-state index is 0.206. The molecule has 1 aliphatic rings. The van der Waals surface area contributed by atoms with E-state index < -0.39 is 0 Å². The third kappa shape index (κ3) is 3.51. The zero-order chi connectivity index (χ0) is 12.1. The van der Waals surface area contributed by atoms with Crippen molar-refractivity contribution in [2.24, 2.45) is 11.8 Å². The molecule has 0 radical (unpaired) electrons. The lowest BCUT2D eigenvalue weighted by atomic mass is 10.1. The molecule has 92 valence electrons. The van der Waals surface area contributed by atoms with Crippen molar-refractivity contribution in [3.63, 3.8) is 0 Å². The van der Waals surface area contributed by atoms with Crippen LogP contribution in [0, 0.1) is 11.8 Å². The van der Waals surface area contributed by atoms with Gasteiger partial charge in [0.15, 0.2) is 0 Å². The molecule has 0 N–H and O–H groups in total. The smallest absolute Gasteiger partial charge is 0.310 e. The summed E-state index contributed by atoms with van der Waals surface area (Å²) in [6.07, 6.45) is 2.93. The molecule has 1 amide bonds. The highest BCUT2D eigenvalue weighted by molar-refractivity contribution is 5.81. The van der Waals surface area contributed by atoms with Gasteiger partial charge in [0.1, 0.15) is 0 Å². The van der Waals surface area contributed by atoms with E-state index in [0.29, 0.717) is 6.54 Å². The molecule has 1 unspecified atom stereocenters. The highest BCUT2D eigenvalue weighted by Gasteiger charge is 2.34. The van der Waals surface area contributed by atoms with Crippen LogP contribution in [0.4, 0.5) is 0 Å². The molecule has 16 heavy (non-hydrogen) atoms. The van der Waals surface area contributed by atoms with Gasteiger partial charge < -0.3 is 9.64 Å². The van der Waals surface area contributed by atoms with Crippen LogP contribution in [0.15, 0.2) is 0 Å². The van der Waals surface area contributed by atoms with Crippen molar-refractivity contribution < 1.29 is 14.3 Å². The standard InChI is InChI=1S/C12H21NO3/c1-4-7-13(11(14)10-5-6-10)8-9(2)12(15)16-3/h9-10H,4-8H2,1-3H3. The molecule has 0 bridgehead atoms. The van der Waals surface area contributed by atoms with Gasteiger partial charge in [-0.25, -0.2) is 0 Å². The van der Waals surface area contributed by atoms with E-state index in [4.69, 9.17) is 0 Å². The molecule has 4 nitrogen and oxygen atoms in total. The summed E-state index contributed by atoms with van der Waals surface area (Å²) in [5.41, 5.74) is 0.